The third-order valence-corrected chi connectivity index (χ3v) is 5.72. The van der Waals surface area contributed by atoms with Gasteiger partial charge in [0.25, 0.3) is 0 Å². The minimum Gasteiger partial charge on any atom is -0.338 e. The number of imidazole rings is 1. The zero-order valence-electron chi connectivity index (χ0n) is 15.9. The van der Waals surface area contributed by atoms with E-state index in [0.29, 0.717) is 0 Å². The molecule has 138 valence electrons. The summed E-state index contributed by atoms with van der Waals surface area (Å²) in [6.45, 7) is 6.26. The number of hydrogen-bond donors (Lipinski definition) is 0. The molecule has 0 saturated heterocycles. The first kappa shape index (κ1) is 16.5. The van der Waals surface area contributed by atoms with E-state index in [0.717, 1.165) is 66.7 Å². The summed E-state index contributed by atoms with van der Waals surface area (Å²) < 4.78 is 18.5. The highest BCUT2D eigenvalue weighted by Crippen LogP contribution is 2.35. The molecule has 0 fully saturated rings. The van der Waals surface area contributed by atoms with Crippen LogP contribution in [0.2, 0.25) is 0 Å². The van der Waals surface area contributed by atoms with Gasteiger partial charge in [-0.15, -0.1) is 0 Å². The van der Waals surface area contributed by atoms with Crippen LogP contribution < -0.4 is 0 Å². The van der Waals surface area contributed by atoms with Crippen molar-refractivity contribution in [1.82, 2.24) is 14.1 Å². The van der Waals surface area contributed by atoms with Gasteiger partial charge in [-0.1, -0.05) is 19.4 Å². The first-order valence-electron chi connectivity index (χ1n) is 9.94. The van der Waals surface area contributed by atoms with E-state index in [2.05, 4.69) is 41.2 Å². The second kappa shape index (κ2) is 6.22. The lowest BCUT2D eigenvalue weighted by atomic mass is 10.0. The van der Waals surface area contributed by atoms with Gasteiger partial charge in [0.05, 0.1) is 16.7 Å². The average molecular weight is 361 g/mol. The van der Waals surface area contributed by atoms with E-state index in [1.165, 1.54) is 16.6 Å². The summed E-state index contributed by atoms with van der Waals surface area (Å²) >= 11 is 0. The van der Waals surface area contributed by atoms with E-state index >= 15 is 0 Å². The van der Waals surface area contributed by atoms with Crippen LogP contribution in [0.3, 0.4) is 0 Å². The van der Waals surface area contributed by atoms with Crippen LogP contribution in [0.5, 0.6) is 0 Å². The van der Waals surface area contributed by atoms with Gasteiger partial charge < -0.3 is 9.13 Å². The summed E-state index contributed by atoms with van der Waals surface area (Å²) in [5.41, 5.74) is 7.22. The van der Waals surface area contributed by atoms with Crippen molar-refractivity contribution in [3.63, 3.8) is 0 Å². The number of halogens is 1. The summed E-state index contributed by atoms with van der Waals surface area (Å²) in [6.07, 6.45) is 4.48. The van der Waals surface area contributed by atoms with Crippen molar-refractivity contribution in [1.29, 1.82) is 0 Å². The third-order valence-electron chi connectivity index (χ3n) is 5.72. The molecule has 0 N–H and O–H groups in total. The number of unbranched alkanes of at least 4 members (excludes halogenated alkanes) is 1. The van der Waals surface area contributed by atoms with E-state index in [9.17, 15) is 4.39 Å². The van der Waals surface area contributed by atoms with E-state index in [4.69, 9.17) is 4.98 Å². The third kappa shape index (κ3) is 2.58. The number of aryl methyl sites for hydroxylation is 4. The molecule has 0 amide bonds. The van der Waals surface area contributed by atoms with Crippen LogP contribution in [0.25, 0.3) is 33.5 Å². The highest BCUT2D eigenvalue weighted by Gasteiger charge is 2.22. The van der Waals surface area contributed by atoms with Crippen LogP contribution in [-0.4, -0.2) is 14.1 Å². The van der Waals surface area contributed by atoms with Crippen LogP contribution in [0.1, 0.15) is 37.3 Å². The van der Waals surface area contributed by atoms with Crippen molar-refractivity contribution < 1.29 is 4.39 Å². The molecular formula is C23H24FN3. The fourth-order valence-electron chi connectivity index (χ4n) is 4.53. The average Bonchev–Trinajstić information content (AvgIpc) is 3.18. The molecule has 0 bridgehead atoms. The van der Waals surface area contributed by atoms with Crippen molar-refractivity contribution in [2.24, 2.45) is 0 Å². The molecule has 0 radical (unpaired) electrons. The van der Waals surface area contributed by atoms with Crippen LogP contribution >= 0.6 is 0 Å². The van der Waals surface area contributed by atoms with E-state index in [1.54, 1.807) is 12.1 Å². The first-order valence-corrected chi connectivity index (χ1v) is 9.94. The summed E-state index contributed by atoms with van der Waals surface area (Å²) in [5, 5.41) is 0.952. The predicted octanol–water partition coefficient (Wildman–Crippen LogP) is 5.85. The molecule has 4 heteroatoms. The Bertz CT molecular complexity index is 1170. The normalized spacial score (nSPS) is 13.7. The second-order valence-corrected chi connectivity index (χ2v) is 7.72. The Morgan fingerprint density at radius 2 is 2.04 bits per heavy atom. The zero-order chi connectivity index (χ0) is 18.5. The minimum absolute atomic E-state index is 0.186. The Balaban J connectivity index is 1.80. The highest BCUT2D eigenvalue weighted by atomic mass is 19.1. The van der Waals surface area contributed by atoms with Gasteiger partial charge in [-0.05, 0) is 67.6 Å². The van der Waals surface area contributed by atoms with Gasteiger partial charge in [-0.3, -0.25) is 0 Å². The summed E-state index contributed by atoms with van der Waals surface area (Å²) in [7, 11) is 0. The smallest absolute Gasteiger partial charge is 0.157 e. The van der Waals surface area contributed by atoms with Gasteiger partial charge in [0.2, 0.25) is 0 Å². The second-order valence-electron chi connectivity index (χ2n) is 7.72. The standard InChI is InChI=1S/C23H24FN3/c1-3-4-9-26-20-8-7-18(24)13-17(20)14-21(26)23-25-19-12-15(2)11-16-6-5-10-27(23)22(16)19/h7-8,11-14H,3-6,9-10H2,1-2H3. The number of aromatic nitrogens is 3. The Hall–Kier alpha value is -2.62. The largest absolute Gasteiger partial charge is 0.338 e. The summed E-state index contributed by atoms with van der Waals surface area (Å²) in [4.78, 5) is 5.05. The number of nitrogens with zero attached hydrogens (tertiary/aromatic N) is 3. The van der Waals surface area contributed by atoms with Gasteiger partial charge in [0.1, 0.15) is 5.82 Å². The molecular weight excluding hydrogens is 337 g/mol. The van der Waals surface area contributed by atoms with Crippen LogP contribution in [0, 0.1) is 12.7 Å². The predicted molar refractivity (Wildman–Crippen MR) is 109 cm³/mol. The van der Waals surface area contributed by atoms with Gasteiger partial charge in [0.15, 0.2) is 5.82 Å². The number of fused-ring (bicyclic) bond motifs is 1. The number of hydrogen-bond acceptors (Lipinski definition) is 1. The lowest BCUT2D eigenvalue weighted by molar-refractivity contribution is 0.621. The highest BCUT2D eigenvalue weighted by molar-refractivity contribution is 5.89. The minimum atomic E-state index is -0.186. The molecule has 0 saturated carbocycles. The summed E-state index contributed by atoms with van der Waals surface area (Å²) in [5.74, 6) is 0.832. The molecule has 1 aliphatic rings. The topological polar surface area (TPSA) is 22.8 Å². The molecule has 2 aromatic heterocycles. The molecule has 2 aromatic carbocycles. The fourth-order valence-corrected chi connectivity index (χ4v) is 4.53. The van der Waals surface area contributed by atoms with E-state index in [-0.39, 0.29) is 5.82 Å². The maximum Gasteiger partial charge on any atom is 0.157 e. The Kier molecular flexibility index (Phi) is 3.81. The van der Waals surface area contributed by atoms with E-state index in [1.807, 2.05) is 6.07 Å². The fraction of sp³-hybridized carbons (Fsp3) is 0.348. The monoisotopic (exact) mass is 361 g/mol. The molecule has 3 nitrogen and oxygen atoms in total. The quantitative estimate of drug-likeness (QED) is 0.447. The maximum atomic E-state index is 13.8. The Labute approximate surface area is 158 Å². The molecule has 4 aromatic rings. The van der Waals surface area contributed by atoms with Gasteiger partial charge in [-0.2, -0.15) is 0 Å². The SMILES string of the molecule is CCCCn1c(-c2nc3cc(C)cc4c3n2CCC4)cc2cc(F)ccc21. The zero-order valence-corrected chi connectivity index (χ0v) is 15.9. The van der Waals surface area contributed by atoms with Gasteiger partial charge >= 0.3 is 0 Å². The molecule has 1 aliphatic heterocycles. The Morgan fingerprint density at radius 1 is 1.15 bits per heavy atom. The first-order chi connectivity index (χ1) is 13.2. The lowest BCUT2D eigenvalue weighted by Crippen LogP contribution is -2.10. The van der Waals surface area contributed by atoms with Gasteiger partial charge in [-0.25, -0.2) is 9.37 Å². The maximum absolute atomic E-state index is 13.8. The number of benzene rings is 2. The molecule has 0 spiro atoms. The lowest BCUT2D eigenvalue weighted by Gasteiger charge is -2.18. The van der Waals surface area contributed by atoms with Crippen LogP contribution in [-0.2, 0) is 19.5 Å². The molecule has 3 heterocycles. The van der Waals surface area contributed by atoms with Crippen molar-refractivity contribution in [2.45, 2.75) is 52.6 Å². The molecule has 5 rings (SSSR count). The molecule has 27 heavy (non-hydrogen) atoms. The van der Waals surface area contributed by atoms with Crippen LogP contribution in [0.15, 0.2) is 36.4 Å². The van der Waals surface area contributed by atoms with E-state index < -0.39 is 0 Å². The van der Waals surface area contributed by atoms with Crippen molar-refractivity contribution >= 4 is 21.9 Å². The molecule has 0 aliphatic carbocycles. The van der Waals surface area contributed by atoms with Crippen molar-refractivity contribution in [3.05, 3.63) is 53.3 Å². The number of rotatable bonds is 4. The van der Waals surface area contributed by atoms with Gasteiger partial charge in [0, 0.05) is 24.0 Å². The summed E-state index contributed by atoms with van der Waals surface area (Å²) in [6, 6.07) is 11.7. The van der Waals surface area contributed by atoms with Crippen molar-refractivity contribution in [2.75, 3.05) is 0 Å². The van der Waals surface area contributed by atoms with Crippen LogP contribution in [0.4, 0.5) is 4.39 Å². The van der Waals surface area contributed by atoms with Crippen molar-refractivity contribution in [3.8, 4) is 11.5 Å². The Morgan fingerprint density at radius 3 is 2.89 bits per heavy atom. The molecule has 0 unspecified atom stereocenters. The molecule has 0 atom stereocenters.